The highest BCUT2D eigenvalue weighted by atomic mass is 79.9. The van der Waals surface area contributed by atoms with Crippen molar-refractivity contribution in [3.8, 4) is 0 Å². The molecular formula is C18H12BrClO. The van der Waals surface area contributed by atoms with Crippen LogP contribution >= 0.6 is 27.5 Å². The van der Waals surface area contributed by atoms with E-state index in [1.54, 1.807) is 12.1 Å². The van der Waals surface area contributed by atoms with Gasteiger partial charge in [0.05, 0.1) is 0 Å². The molecule has 0 saturated heterocycles. The van der Waals surface area contributed by atoms with Crippen molar-refractivity contribution in [2.75, 3.05) is 0 Å². The maximum atomic E-state index is 12.8. The van der Waals surface area contributed by atoms with Gasteiger partial charge in [0.15, 0.2) is 5.78 Å². The number of halogens is 2. The zero-order valence-corrected chi connectivity index (χ0v) is 13.7. The Balaban J connectivity index is 2.21. The molecule has 21 heavy (non-hydrogen) atoms. The van der Waals surface area contributed by atoms with Gasteiger partial charge >= 0.3 is 0 Å². The van der Waals surface area contributed by atoms with Crippen LogP contribution in [-0.2, 0) is 0 Å². The van der Waals surface area contributed by atoms with Crippen LogP contribution < -0.4 is 0 Å². The Hall–Kier alpha value is -1.64. The van der Waals surface area contributed by atoms with E-state index in [2.05, 4.69) is 15.9 Å². The number of benzene rings is 3. The van der Waals surface area contributed by atoms with Crippen molar-refractivity contribution in [1.82, 2.24) is 0 Å². The van der Waals surface area contributed by atoms with E-state index in [-0.39, 0.29) is 5.78 Å². The van der Waals surface area contributed by atoms with Crippen LogP contribution in [0.4, 0.5) is 0 Å². The molecule has 0 unspecified atom stereocenters. The molecule has 0 radical (unpaired) electrons. The second-order valence-electron chi connectivity index (χ2n) is 4.93. The molecule has 3 aromatic rings. The summed E-state index contributed by atoms with van der Waals surface area (Å²) >= 11 is 9.64. The van der Waals surface area contributed by atoms with Gasteiger partial charge in [-0.1, -0.05) is 51.8 Å². The molecule has 3 heteroatoms. The molecule has 3 aromatic carbocycles. The lowest BCUT2D eigenvalue weighted by atomic mass is 9.95. The van der Waals surface area contributed by atoms with Crippen molar-refractivity contribution in [3.05, 3.63) is 80.8 Å². The second kappa shape index (κ2) is 5.63. The summed E-state index contributed by atoms with van der Waals surface area (Å²) < 4.78 is 0.970. The Morgan fingerprint density at radius 2 is 1.62 bits per heavy atom. The van der Waals surface area contributed by atoms with E-state index in [1.165, 1.54) is 0 Å². The van der Waals surface area contributed by atoms with Gasteiger partial charge in [0.25, 0.3) is 0 Å². The molecule has 0 atom stereocenters. The van der Waals surface area contributed by atoms with Crippen molar-refractivity contribution >= 4 is 44.1 Å². The largest absolute Gasteiger partial charge is 0.289 e. The fourth-order valence-corrected chi connectivity index (χ4v) is 3.19. The summed E-state index contributed by atoms with van der Waals surface area (Å²) in [6.45, 7) is 1.94. The number of fused-ring (bicyclic) bond motifs is 1. The number of carbonyl (C=O) groups is 1. The van der Waals surface area contributed by atoms with Crippen LogP contribution in [0.2, 0.25) is 5.02 Å². The third-order valence-corrected chi connectivity index (χ3v) is 4.37. The average molecular weight is 360 g/mol. The zero-order chi connectivity index (χ0) is 15.0. The van der Waals surface area contributed by atoms with E-state index >= 15 is 0 Å². The molecule has 0 N–H and O–H groups in total. The van der Waals surface area contributed by atoms with E-state index in [4.69, 9.17) is 11.6 Å². The van der Waals surface area contributed by atoms with Crippen LogP contribution in [0.25, 0.3) is 10.8 Å². The fraction of sp³-hybridized carbons (Fsp3) is 0.0556. The van der Waals surface area contributed by atoms with Gasteiger partial charge < -0.3 is 0 Å². The number of aryl methyl sites for hydroxylation is 1. The standard InChI is InChI=1S/C18H12BrClO/c1-11-10-12(19)6-7-13(11)18(21)16-8-9-17(20)15-5-3-2-4-14(15)16/h2-10H,1H3. The highest BCUT2D eigenvalue weighted by Gasteiger charge is 2.15. The molecule has 104 valence electrons. The first-order chi connectivity index (χ1) is 10.1. The summed E-state index contributed by atoms with van der Waals surface area (Å²) in [5.74, 6) is 0.0212. The summed E-state index contributed by atoms with van der Waals surface area (Å²) in [6, 6.07) is 17.0. The minimum Gasteiger partial charge on any atom is -0.289 e. The van der Waals surface area contributed by atoms with E-state index in [9.17, 15) is 4.79 Å². The minimum atomic E-state index is 0.0212. The van der Waals surface area contributed by atoms with Gasteiger partial charge in [-0.3, -0.25) is 4.79 Å². The molecule has 3 rings (SSSR count). The molecule has 0 aromatic heterocycles. The van der Waals surface area contributed by atoms with Crippen LogP contribution in [-0.4, -0.2) is 5.78 Å². The van der Waals surface area contributed by atoms with E-state index in [0.717, 1.165) is 20.8 Å². The van der Waals surface area contributed by atoms with Crippen LogP contribution in [0, 0.1) is 6.92 Å². The predicted octanol–water partition coefficient (Wildman–Crippen LogP) is 5.80. The molecular weight excluding hydrogens is 348 g/mol. The monoisotopic (exact) mass is 358 g/mol. The minimum absolute atomic E-state index is 0.0212. The Morgan fingerprint density at radius 1 is 0.952 bits per heavy atom. The zero-order valence-electron chi connectivity index (χ0n) is 11.4. The first-order valence-electron chi connectivity index (χ1n) is 6.56. The van der Waals surface area contributed by atoms with Gasteiger partial charge in [0, 0.05) is 26.0 Å². The lowest BCUT2D eigenvalue weighted by Crippen LogP contribution is -2.04. The third kappa shape index (κ3) is 2.61. The van der Waals surface area contributed by atoms with Gasteiger partial charge in [-0.2, -0.15) is 0 Å². The highest BCUT2D eigenvalue weighted by Crippen LogP contribution is 2.29. The number of hydrogen-bond acceptors (Lipinski definition) is 1. The van der Waals surface area contributed by atoms with Gasteiger partial charge in [-0.05, 0) is 48.2 Å². The van der Waals surface area contributed by atoms with Gasteiger partial charge in [0.2, 0.25) is 0 Å². The molecule has 0 spiro atoms. The quantitative estimate of drug-likeness (QED) is 0.529. The summed E-state index contributed by atoms with van der Waals surface area (Å²) in [6.07, 6.45) is 0. The number of carbonyl (C=O) groups excluding carboxylic acids is 1. The lowest BCUT2D eigenvalue weighted by Gasteiger charge is -2.09. The highest BCUT2D eigenvalue weighted by molar-refractivity contribution is 9.10. The Bertz CT molecular complexity index is 855. The summed E-state index contributed by atoms with van der Waals surface area (Å²) in [4.78, 5) is 12.8. The molecule has 0 saturated carbocycles. The van der Waals surface area contributed by atoms with Crippen molar-refractivity contribution in [2.24, 2.45) is 0 Å². The topological polar surface area (TPSA) is 17.1 Å². The molecule has 0 bridgehead atoms. The molecule has 0 aliphatic rings. The maximum absolute atomic E-state index is 12.8. The summed E-state index contributed by atoms with van der Waals surface area (Å²) in [5.41, 5.74) is 2.35. The third-order valence-electron chi connectivity index (χ3n) is 3.55. The SMILES string of the molecule is Cc1cc(Br)ccc1C(=O)c1ccc(Cl)c2ccccc12. The van der Waals surface area contributed by atoms with E-state index in [0.29, 0.717) is 16.1 Å². The Labute approximate surface area is 136 Å². The van der Waals surface area contributed by atoms with Crippen molar-refractivity contribution in [1.29, 1.82) is 0 Å². The summed E-state index contributed by atoms with van der Waals surface area (Å²) in [7, 11) is 0. The Morgan fingerprint density at radius 3 is 2.33 bits per heavy atom. The first-order valence-corrected chi connectivity index (χ1v) is 7.73. The number of rotatable bonds is 2. The van der Waals surface area contributed by atoms with Crippen LogP contribution in [0.3, 0.4) is 0 Å². The van der Waals surface area contributed by atoms with Crippen molar-refractivity contribution in [3.63, 3.8) is 0 Å². The first kappa shape index (κ1) is 14.3. The van der Waals surface area contributed by atoms with E-state index < -0.39 is 0 Å². The molecule has 1 nitrogen and oxygen atoms in total. The fourth-order valence-electron chi connectivity index (χ4n) is 2.49. The molecule has 0 amide bonds. The second-order valence-corrected chi connectivity index (χ2v) is 6.25. The Kier molecular flexibility index (Phi) is 3.83. The molecule has 0 aliphatic carbocycles. The molecule has 0 aliphatic heterocycles. The molecule has 0 fully saturated rings. The number of hydrogen-bond donors (Lipinski definition) is 0. The van der Waals surface area contributed by atoms with Crippen LogP contribution in [0.15, 0.2) is 59.1 Å². The van der Waals surface area contributed by atoms with Gasteiger partial charge in [0.1, 0.15) is 0 Å². The van der Waals surface area contributed by atoms with Gasteiger partial charge in [-0.15, -0.1) is 0 Å². The van der Waals surface area contributed by atoms with Crippen LogP contribution in [0.1, 0.15) is 21.5 Å². The number of ketones is 1. The predicted molar refractivity (Wildman–Crippen MR) is 91.3 cm³/mol. The normalized spacial score (nSPS) is 10.8. The smallest absolute Gasteiger partial charge is 0.193 e. The van der Waals surface area contributed by atoms with Crippen molar-refractivity contribution < 1.29 is 4.79 Å². The summed E-state index contributed by atoms with van der Waals surface area (Å²) in [5, 5.41) is 2.45. The lowest BCUT2D eigenvalue weighted by molar-refractivity contribution is 0.103. The molecule has 0 heterocycles. The van der Waals surface area contributed by atoms with Crippen molar-refractivity contribution in [2.45, 2.75) is 6.92 Å². The maximum Gasteiger partial charge on any atom is 0.193 e. The van der Waals surface area contributed by atoms with E-state index in [1.807, 2.05) is 49.4 Å². The van der Waals surface area contributed by atoms with Gasteiger partial charge in [-0.25, -0.2) is 0 Å². The van der Waals surface area contributed by atoms with Crippen LogP contribution in [0.5, 0.6) is 0 Å². The average Bonchev–Trinajstić information content (AvgIpc) is 2.47.